The minimum absolute atomic E-state index is 0.262. The molecule has 3 rings (SSSR count). The van der Waals surface area contributed by atoms with Crippen LogP contribution in [-0.4, -0.2) is 35.7 Å². The predicted molar refractivity (Wildman–Crippen MR) is 122 cm³/mol. The molecule has 8 heteroatoms. The van der Waals surface area contributed by atoms with Gasteiger partial charge in [-0.15, -0.1) is 0 Å². The van der Waals surface area contributed by atoms with Crippen molar-refractivity contribution in [2.24, 2.45) is 0 Å². The maximum atomic E-state index is 13.2. The number of aromatic nitrogens is 1. The van der Waals surface area contributed by atoms with E-state index in [2.05, 4.69) is 15.6 Å². The number of aromatic amines is 1. The van der Waals surface area contributed by atoms with Crippen LogP contribution < -0.4 is 15.4 Å². The molecule has 0 aliphatic carbocycles. The number of nitrogens with one attached hydrogen (secondary N) is 3. The van der Waals surface area contributed by atoms with Crippen LogP contribution in [0, 0.1) is 0 Å². The molecule has 0 saturated carbocycles. The van der Waals surface area contributed by atoms with Gasteiger partial charge in [0.1, 0.15) is 17.4 Å². The lowest BCUT2D eigenvalue weighted by Gasteiger charge is -2.23. The summed E-state index contributed by atoms with van der Waals surface area (Å²) in [4.78, 5) is 28.8. The smallest absolute Gasteiger partial charge is 0.408 e. The van der Waals surface area contributed by atoms with Crippen molar-refractivity contribution >= 4 is 40.2 Å². The van der Waals surface area contributed by atoms with E-state index in [0.29, 0.717) is 16.5 Å². The van der Waals surface area contributed by atoms with Crippen LogP contribution in [0.1, 0.15) is 26.3 Å². The number of rotatable bonds is 6. The molecule has 0 aliphatic rings. The van der Waals surface area contributed by atoms with E-state index in [1.165, 1.54) is 7.11 Å². The highest BCUT2D eigenvalue weighted by Gasteiger charge is 2.26. The number of methoxy groups -OCH3 is 1. The number of carbonyl (C=O) groups excluding carboxylic acids is 2. The Morgan fingerprint density at radius 2 is 1.90 bits per heavy atom. The Morgan fingerprint density at radius 1 is 1.16 bits per heavy atom. The highest BCUT2D eigenvalue weighted by atomic mass is 35.5. The number of hydrogen-bond acceptors (Lipinski definition) is 4. The highest BCUT2D eigenvalue weighted by Crippen LogP contribution is 2.28. The van der Waals surface area contributed by atoms with Crippen molar-refractivity contribution < 1.29 is 19.1 Å². The fourth-order valence-corrected chi connectivity index (χ4v) is 3.35. The van der Waals surface area contributed by atoms with Gasteiger partial charge >= 0.3 is 6.09 Å². The molecule has 2 amide bonds. The van der Waals surface area contributed by atoms with Crippen molar-refractivity contribution in [2.75, 3.05) is 12.4 Å². The Bertz CT molecular complexity index is 1090. The van der Waals surface area contributed by atoms with Gasteiger partial charge in [0, 0.05) is 28.5 Å². The Morgan fingerprint density at radius 3 is 2.61 bits per heavy atom. The Hall–Kier alpha value is -3.19. The SMILES string of the molecule is COc1ccc(Cl)cc1NC(=O)[C@H](Cc1c[nH]c2ccccc12)NC(=O)OC(C)(C)C. The van der Waals surface area contributed by atoms with Crippen molar-refractivity contribution in [3.8, 4) is 5.75 Å². The average Bonchev–Trinajstić information content (AvgIpc) is 3.09. The summed E-state index contributed by atoms with van der Waals surface area (Å²) >= 11 is 6.07. The second kappa shape index (κ2) is 9.31. The zero-order chi connectivity index (χ0) is 22.6. The van der Waals surface area contributed by atoms with E-state index in [0.717, 1.165) is 16.5 Å². The molecule has 0 spiro atoms. The molecular weight excluding hydrogens is 418 g/mol. The molecule has 1 atom stereocenters. The number of alkyl carbamates (subject to hydrolysis) is 1. The van der Waals surface area contributed by atoms with Crippen LogP contribution in [-0.2, 0) is 16.0 Å². The molecule has 31 heavy (non-hydrogen) atoms. The first-order valence-electron chi connectivity index (χ1n) is 9.85. The number of halogens is 1. The number of anilines is 1. The first-order chi connectivity index (χ1) is 14.7. The zero-order valence-corrected chi connectivity index (χ0v) is 18.7. The van der Waals surface area contributed by atoms with Crippen LogP contribution in [0.25, 0.3) is 10.9 Å². The number of fused-ring (bicyclic) bond motifs is 1. The average molecular weight is 444 g/mol. The molecule has 3 aromatic rings. The number of H-pyrrole nitrogens is 1. The first-order valence-corrected chi connectivity index (χ1v) is 10.2. The van der Waals surface area contributed by atoms with E-state index in [9.17, 15) is 9.59 Å². The van der Waals surface area contributed by atoms with Gasteiger partial charge in [0.15, 0.2) is 0 Å². The monoisotopic (exact) mass is 443 g/mol. The lowest BCUT2D eigenvalue weighted by Crippen LogP contribution is -2.47. The van der Waals surface area contributed by atoms with Crippen LogP contribution >= 0.6 is 11.6 Å². The summed E-state index contributed by atoms with van der Waals surface area (Å²) in [6.07, 6.45) is 1.42. The third kappa shape index (κ3) is 5.92. The number of hydrogen-bond donors (Lipinski definition) is 3. The topological polar surface area (TPSA) is 92.5 Å². The minimum Gasteiger partial charge on any atom is -0.495 e. The maximum Gasteiger partial charge on any atom is 0.408 e. The van der Waals surface area contributed by atoms with E-state index in [1.807, 2.05) is 30.5 Å². The van der Waals surface area contributed by atoms with Gasteiger partial charge in [0.25, 0.3) is 0 Å². The van der Waals surface area contributed by atoms with Crippen molar-refractivity contribution in [3.63, 3.8) is 0 Å². The molecule has 1 aromatic heterocycles. The molecule has 0 saturated heterocycles. The summed E-state index contributed by atoms with van der Waals surface area (Å²) in [6, 6.07) is 11.8. The summed E-state index contributed by atoms with van der Waals surface area (Å²) < 4.78 is 10.7. The lowest BCUT2D eigenvalue weighted by molar-refractivity contribution is -0.118. The Labute approximate surface area is 186 Å². The standard InChI is InChI=1S/C23H26ClN3O4/c1-23(2,3)31-22(29)27-19(11-14-13-25-17-8-6-5-7-16(14)17)21(28)26-18-12-15(24)9-10-20(18)30-4/h5-10,12-13,19,25H,11H2,1-4H3,(H,26,28)(H,27,29)/t19-/m0/s1. The minimum atomic E-state index is -0.891. The molecule has 0 radical (unpaired) electrons. The molecule has 0 fully saturated rings. The summed E-state index contributed by atoms with van der Waals surface area (Å²) in [6.45, 7) is 5.29. The van der Waals surface area contributed by atoms with Gasteiger partial charge < -0.3 is 25.1 Å². The van der Waals surface area contributed by atoms with E-state index in [-0.39, 0.29) is 6.42 Å². The Kier molecular flexibility index (Phi) is 6.75. The molecular formula is C23H26ClN3O4. The van der Waals surface area contributed by atoms with Crippen LogP contribution in [0.3, 0.4) is 0 Å². The number of para-hydroxylation sites is 1. The van der Waals surface area contributed by atoms with Crippen molar-refractivity contribution in [3.05, 3.63) is 59.2 Å². The van der Waals surface area contributed by atoms with Gasteiger partial charge in [-0.25, -0.2) is 4.79 Å². The van der Waals surface area contributed by atoms with Crippen molar-refractivity contribution in [1.29, 1.82) is 0 Å². The number of carbonyl (C=O) groups is 2. The van der Waals surface area contributed by atoms with E-state index >= 15 is 0 Å². The largest absolute Gasteiger partial charge is 0.495 e. The van der Waals surface area contributed by atoms with Gasteiger partial charge in [-0.05, 0) is 50.6 Å². The molecule has 3 N–H and O–H groups in total. The van der Waals surface area contributed by atoms with Crippen LogP contribution in [0.5, 0.6) is 5.75 Å². The first kappa shape index (κ1) is 22.5. The van der Waals surface area contributed by atoms with Gasteiger partial charge in [-0.1, -0.05) is 29.8 Å². The third-order valence-corrected chi connectivity index (χ3v) is 4.76. The molecule has 0 bridgehead atoms. The molecule has 1 heterocycles. The predicted octanol–water partition coefficient (Wildman–Crippen LogP) is 4.90. The lowest BCUT2D eigenvalue weighted by atomic mass is 10.0. The summed E-state index contributed by atoms with van der Waals surface area (Å²) in [5.41, 5.74) is 1.56. The second-order valence-corrected chi connectivity index (χ2v) is 8.53. The molecule has 0 unspecified atom stereocenters. The quantitative estimate of drug-likeness (QED) is 0.505. The summed E-state index contributed by atoms with van der Waals surface area (Å²) in [5.74, 6) is 0.0394. The van der Waals surface area contributed by atoms with Gasteiger partial charge in [-0.3, -0.25) is 4.79 Å². The number of ether oxygens (including phenoxy) is 2. The van der Waals surface area contributed by atoms with Crippen molar-refractivity contribution in [1.82, 2.24) is 10.3 Å². The van der Waals surface area contributed by atoms with Gasteiger partial charge in [0.05, 0.1) is 12.8 Å². The van der Waals surface area contributed by atoms with Crippen LogP contribution in [0.15, 0.2) is 48.7 Å². The summed E-state index contributed by atoms with van der Waals surface area (Å²) in [7, 11) is 1.50. The molecule has 7 nitrogen and oxygen atoms in total. The molecule has 2 aromatic carbocycles. The van der Waals surface area contributed by atoms with Crippen molar-refractivity contribution in [2.45, 2.75) is 38.8 Å². The highest BCUT2D eigenvalue weighted by molar-refractivity contribution is 6.31. The molecule has 0 aliphatic heterocycles. The molecule has 164 valence electrons. The van der Waals surface area contributed by atoms with Gasteiger partial charge in [0.2, 0.25) is 5.91 Å². The fourth-order valence-electron chi connectivity index (χ4n) is 3.18. The normalized spacial score (nSPS) is 12.3. The second-order valence-electron chi connectivity index (χ2n) is 8.10. The van der Waals surface area contributed by atoms with Crippen LogP contribution in [0.4, 0.5) is 10.5 Å². The van der Waals surface area contributed by atoms with Crippen LogP contribution in [0.2, 0.25) is 5.02 Å². The van der Waals surface area contributed by atoms with E-state index in [1.54, 1.807) is 39.0 Å². The number of amides is 2. The Balaban J connectivity index is 1.86. The van der Waals surface area contributed by atoms with E-state index in [4.69, 9.17) is 21.1 Å². The zero-order valence-electron chi connectivity index (χ0n) is 17.9. The number of benzene rings is 2. The van der Waals surface area contributed by atoms with Gasteiger partial charge in [-0.2, -0.15) is 0 Å². The maximum absolute atomic E-state index is 13.2. The van der Waals surface area contributed by atoms with E-state index < -0.39 is 23.6 Å². The summed E-state index contributed by atoms with van der Waals surface area (Å²) in [5, 5.41) is 6.92. The fraction of sp³-hybridized carbons (Fsp3) is 0.304. The third-order valence-electron chi connectivity index (χ3n) is 4.53.